The van der Waals surface area contributed by atoms with Gasteiger partial charge in [0.2, 0.25) is 0 Å². The van der Waals surface area contributed by atoms with Crippen molar-refractivity contribution in [2.45, 2.75) is 13.3 Å². The fourth-order valence-electron chi connectivity index (χ4n) is 2.40. The van der Waals surface area contributed by atoms with Gasteiger partial charge in [-0.3, -0.25) is 4.79 Å². The first kappa shape index (κ1) is 13.4. The topological polar surface area (TPSA) is 30.2 Å². The fourth-order valence-corrected chi connectivity index (χ4v) is 2.40. The van der Waals surface area contributed by atoms with Gasteiger partial charge >= 0.3 is 0 Å². The molecule has 0 radical (unpaired) electrons. The number of furan rings is 1. The Hall–Kier alpha value is -2.61. The van der Waals surface area contributed by atoms with Crippen molar-refractivity contribution in [2.24, 2.45) is 0 Å². The summed E-state index contributed by atoms with van der Waals surface area (Å²) in [5.74, 6) is 1.09. The van der Waals surface area contributed by atoms with Crippen molar-refractivity contribution in [2.75, 3.05) is 0 Å². The molecular formula is C19H16O2. The van der Waals surface area contributed by atoms with Gasteiger partial charge in [-0.15, -0.1) is 0 Å². The van der Waals surface area contributed by atoms with Gasteiger partial charge in [-0.25, -0.2) is 0 Å². The molecule has 21 heavy (non-hydrogen) atoms. The summed E-state index contributed by atoms with van der Waals surface area (Å²) in [6, 6.07) is 22.0. The van der Waals surface area contributed by atoms with Crippen LogP contribution in [-0.2, 0) is 6.42 Å². The molecule has 2 aromatic carbocycles. The van der Waals surface area contributed by atoms with E-state index in [1.807, 2.05) is 42.5 Å². The maximum Gasteiger partial charge on any atom is 0.194 e. The number of hydrogen-bond acceptors (Lipinski definition) is 2. The molecule has 2 heteroatoms. The van der Waals surface area contributed by atoms with Crippen LogP contribution < -0.4 is 0 Å². The third kappa shape index (κ3) is 2.95. The second-order valence-corrected chi connectivity index (χ2v) is 5.04. The summed E-state index contributed by atoms with van der Waals surface area (Å²) in [6.07, 6.45) is 0.840. The summed E-state index contributed by atoms with van der Waals surface area (Å²) >= 11 is 0. The number of carbonyl (C=O) groups is 1. The predicted molar refractivity (Wildman–Crippen MR) is 83.4 cm³/mol. The Labute approximate surface area is 124 Å². The Morgan fingerprint density at radius 3 is 2.33 bits per heavy atom. The van der Waals surface area contributed by atoms with E-state index in [1.165, 1.54) is 18.1 Å². The third-order valence-electron chi connectivity index (χ3n) is 3.47. The lowest BCUT2D eigenvalue weighted by Gasteiger charge is -2.07. The largest absolute Gasteiger partial charge is 0.453 e. The maximum atomic E-state index is 11.4. The predicted octanol–water partition coefficient (Wildman–Crippen LogP) is 4.74. The van der Waals surface area contributed by atoms with Gasteiger partial charge in [-0.2, -0.15) is 0 Å². The molecule has 0 saturated heterocycles. The number of carbonyl (C=O) groups excluding carboxylic acids is 1. The van der Waals surface area contributed by atoms with Gasteiger partial charge in [-0.1, -0.05) is 54.6 Å². The highest BCUT2D eigenvalue weighted by Crippen LogP contribution is 2.27. The van der Waals surface area contributed by atoms with Crippen LogP contribution in [0.1, 0.15) is 28.6 Å². The summed E-state index contributed by atoms with van der Waals surface area (Å²) in [5, 5.41) is 0. The molecule has 0 unspecified atom stereocenters. The van der Waals surface area contributed by atoms with Crippen molar-refractivity contribution < 1.29 is 9.21 Å². The van der Waals surface area contributed by atoms with Crippen LogP contribution in [0, 0.1) is 0 Å². The monoisotopic (exact) mass is 276 g/mol. The minimum Gasteiger partial charge on any atom is -0.453 e. The van der Waals surface area contributed by atoms with E-state index in [9.17, 15) is 4.79 Å². The molecule has 0 fully saturated rings. The van der Waals surface area contributed by atoms with E-state index in [0.29, 0.717) is 5.76 Å². The van der Waals surface area contributed by atoms with Gasteiger partial charge in [-0.05, 0) is 29.7 Å². The Kier molecular flexibility index (Phi) is 3.69. The smallest absolute Gasteiger partial charge is 0.194 e. The Morgan fingerprint density at radius 1 is 0.905 bits per heavy atom. The molecule has 1 aromatic heterocycles. The molecule has 0 saturated carbocycles. The number of hydrogen-bond donors (Lipinski definition) is 0. The zero-order valence-electron chi connectivity index (χ0n) is 11.9. The van der Waals surface area contributed by atoms with E-state index in [2.05, 4.69) is 18.2 Å². The highest BCUT2D eigenvalue weighted by atomic mass is 16.3. The molecule has 1 heterocycles. The van der Waals surface area contributed by atoms with Crippen molar-refractivity contribution in [3.05, 3.63) is 83.6 Å². The maximum absolute atomic E-state index is 11.4. The van der Waals surface area contributed by atoms with E-state index in [0.717, 1.165) is 17.7 Å². The molecule has 0 aliphatic rings. The minimum absolute atomic E-state index is 0.0539. The second-order valence-electron chi connectivity index (χ2n) is 5.04. The lowest BCUT2D eigenvalue weighted by Crippen LogP contribution is -1.91. The summed E-state index contributed by atoms with van der Waals surface area (Å²) in [6.45, 7) is 1.51. The van der Waals surface area contributed by atoms with Crippen LogP contribution in [0.4, 0.5) is 0 Å². The van der Waals surface area contributed by atoms with Crippen molar-refractivity contribution in [3.63, 3.8) is 0 Å². The Balaban J connectivity index is 1.97. The van der Waals surface area contributed by atoms with Crippen LogP contribution in [0.2, 0.25) is 0 Å². The SMILES string of the molecule is CC(=O)c1ccc(-c2ccccc2Cc2ccccc2)o1. The average Bonchev–Trinajstić information content (AvgIpc) is 2.99. The van der Waals surface area contributed by atoms with E-state index < -0.39 is 0 Å². The summed E-state index contributed by atoms with van der Waals surface area (Å²) < 4.78 is 5.66. The lowest BCUT2D eigenvalue weighted by molar-refractivity contribution is 0.0988. The fraction of sp³-hybridized carbons (Fsp3) is 0.105. The molecule has 0 atom stereocenters. The molecule has 2 nitrogen and oxygen atoms in total. The van der Waals surface area contributed by atoms with Crippen LogP contribution in [-0.4, -0.2) is 5.78 Å². The Morgan fingerprint density at radius 2 is 1.62 bits per heavy atom. The quantitative estimate of drug-likeness (QED) is 0.644. The van der Waals surface area contributed by atoms with Gasteiger partial charge in [0.05, 0.1) is 0 Å². The van der Waals surface area contributed by atoms with Gasteiger partial charge in [0.1, 0.15) is 5.76 Å². The first-order chi connectivity index (χ1) is 10.2. The normalized spacial score (nSPS) is 10.5. The summed E-state index contributed by atoms with van der Waals surface area (Å²) in [7, 11) is 0. The molecule has 3 aromatic rings. The van der Waals surface area contributed by atoms with Gasteiger partial charge in [0.15, 0.2) is 11.5 Å². The van der Waals surface area contributed by atoms with Gasteiger partial charge < -0.3 is 4.42 Å². The highest BCUT2D eigenvalue weighted by molar-refractivity contribution is 5.91. The number of ketones is 1. The van der Waals surface area contributed by atoms with Gasteiger partial charge in [0, 0.05) is 12.5 Å². The third-order valence-corrected chi connectivity index (χ3v) is 3.47. The molecule has 0 spiro atoms. The van der Waals surface area contributed by atoms with Crippen molar-refractivity contribution in [3.8, 4) is 11.3 Å². The van der Waals surface area contributed by atoms with E-state index in [-0.39, 0.29) is 5.78 Å². The van der Waals surface area contributed by atoms with E-state index >= 15 is 0 Å². The summed E-state index contributed by atoms with van der Waals surface area (Å²) in [5.41, 5.74) is 3.48. The molecule has 0 aliphatic heterocycles. The van der Waals surface area contributed by atoms with Crippen molar-refractivity contribution in [1.82, 2.24) is 0 Å². The molecular weight excluding hydrogens is 260 g/mol. The lowest BCUT2D eigenvalue weighted by atomic mass is 9.98. The van der Waals surface area contributed by atoms with Crippen LogP contribution >= 0.6 is 0 Å². The van der Waals surface area contributed by atoms with E-state index in [4.69, 9.17) is 4.42 Å². The minimum atomic E-state index is -0.0539. The first-order valence-electron chi connectivity index (χ1n) is 6.97. The standard InChI is InChI=1S/C19H16O2/c1-14(20)18-11-12-19(21-18)17-10-6-5-9-16(17)13-15-7-3-2-4-8-15/h2-12H,13H2,1H3. The molecule has 3 rings (SSSR count). The average molecular weight is 276 g/mol. The van der Waals surface area contributed by atoms with E-state index in [1.54, 1.807) is 6.07 Å². The Bertz CT molecular complexity index is 754. The van der Waals surface area contributed by atoms with Crippen LogP contribution in [0.25, 0.3) is 11.3 Å². The number of benzene rings is 2. The molecule has 0 amide bonds. The zero-order valence-corrected chi connectivity index (χ0v) is 11.9. The van der Waals surface area contributed by atoms with Crippen molar-refractivity contribution >= 4 is 5.78 Å². The van der Waals surface area contributed by atoms with Crippen molar-refractivity contribution in [1.29, 1.82) is 0 Å². The summed E-state index contributed by atoms with van der Waals surface area (Å²) in [4.78, 5) is 11.4. The zero-order chi connectivity index (χ0) is 14.7. The van der Waals surface area contributed by atoms with Gasteiger partial charge in [0.25, 0.3) is 0 Å². The number of rotatable bonds is 4. The molecule has 0 N–H and O–H groups in total. The second kappa shape index (κ2) is 5.80. The molecule has 104 valence electrons. The highest BCUT2D eigenvalue weighted by Gasteiger charge is 2.11. The molecule has 0 aliphatic carbocycles. The van der Waals surface area contributed by atoms with Crippen LogP contribution in [0.15, 0.2) is 71.1 Å². The molecule has 0 bridgehead atoms. The number of Topliss-reactive ketones (excluding diaryl/α,β-unsaturated/α-hetero) is 1. The first-order valence-corrected chi connectivity index (χ1v) is 6.97. The van der Waals surface area contributed by atoms with Crippen LogP contribution in [0.3, 0.4) is 0 Å². The van der Waals surface area contributed by atoms with Crippen LogP contribution in [0.5, 0.6) is 0 Å².